The maximum absolute atomic E-state index is 13.2. The molecule has 1 aliphatic rings. The zero-order chi connectivity index (χ0) is 21.6. The number of amides is 1. The summed E-state index contributed by atoms with van der Waals surface area (Å²) in [5.41, 5.74) is 1.80. The monoisotopic (exact) mass is 424 g/mol. The Labute approximate surface area is 181 Å². The highest BCUT2D eigenvalue weighted by Gasteiger charge is 2.21. The first-order valence-corrected chi connectivity index (χ1v) is 10.6. The Balaban J connectivity index is 1.63. The van der Waals surface area contributed by atoms with Gasteiger partial charge in [0.2, 0.25) is 0 Å². The molecule has 0 saturated carbocycles. The fourth-order valence-electron chi connectivity index (χ4n) is 3.79. The molecule has 164 valence electrons. The lowest BCUT2D eigenvalue weighted by Crippen LogP contribution is -2.38. The first-order valence-electron chi connectivity index (χ1n) is 10.6. The highest BCUT2D eigenvalue weighted by molar-refractivity contribution is 6.12. The minimum absolute atomic E-state index is 0.282. The van der Waals surface area contributed by atoms with Crippen molar-refractivity contribution in [3.8, 4) is 11.5 Å². The van der Waals surface area contributed by atoms with Gasteiger partial charge in [0.25, 0.3) is 5.91 Å². The molecule has 1 aliphatic heterocycles. The van der Waals surface area contributed by atoms with Crippen LogP contribution in [0.5, 0.6) is 11.5 Å². The molecule has 8 nitrogen and oxygen atoms in total. The fourth-order valence-corrected chi connectivity index (χ4v) is 3.79. The summed E-state index contributed by atoms with van der Waals surface area (Å²) in [7, 11) is 1.63. The van der Waals surface area contributed by atoms with Crippen molar-refractivity contribution in [2.24, 2.45) is 0 Å². The molecule has 0 aliphatic carbocycles. The number of carbonyl (C=O) groups is 1. The van der Waals surface area contributed by atoms with E-state index < -0.39 is 0 Å². The van der Waals surface area contributed by atoms with Gasteiger partial charge in [-0.15, -0.1) is 0 Å². The first-order chi connectivity index (χ1) is 15.2. The van der Waals surface area contributed by atoms with Gasteiger partial charge in [0.1, 0.15) is 17.0 Å². The summed E-state index contributed by atoms with van der Waals surface area (Å²) in [4.78, 5) is 15.5. The van der Waals surface area contributed by atoms with Crippen molar-refractivity contribution in [2.75, 3.05) is 51.9 Å². The van der Waals surface area contributed by atoms with Crippen molar-refractivity contribution >= 4 is 22.5 Å². The quantitative estimate of drug-likeness (QED) is 0.599. The number of aromatic nitrogens is 2. The average molecular weight is 425 g/mol. The minimum Gasteiger partial charge on any atom is -0.494 e. The Morgan fingerprint density at radius 2 is 1.87 bits per heavy atom. The number of rotatable bonds is 8. The number of hydrogen-bond donors (Lipinski definition) is 1. The van der Waals surface area contributed by atoms with Crippen LogP contribution in [0.1, 0.15) is 17.4 Å². The average Bonchev–Trinajstić information content (AvgIpc) is 3.19. The van der Waals surface area contributed by atoms with E-state index in [1.165, 1.54) is 0 Å². The molecule has 31 heavy (non-hydrogen) atoms. The molecule has 1 N–H and O–H groups in total. The van der Waals surface area contributed by atoms with Gasteiger partial charge in [0.15, 0.2) is 5.69 Å². The van der Waals surface area contributed by atoms with Crippen molar-refractivity contribution in [1.82, 2.24) is 14.7 Å². The van der Waals surface area contributed by atoms with Crippen LogP contribution in [0.25, 0.3) is 10.9 Å². The second kappa shape index (κ2) is 9.80. The van der Waals surface area contributed by atoms with Crippen molar-refractivity contribution in [1.29, 1.82) is 0 Å². The van der Waals surface area contributed by atoms with E-state index in [4.69, 9.17) is 14.2 Å². The highest BCUT2D eigenvalue weighted by Crippen LogP contribution is 2.30. The number of fused-ring (bicyclic) bond motifs is 1. The molecular weight excluding hydrogens is 396 g/mol. The molecule has 8 heteroatoms. The number of benzene rings is 2. The molecule has 2 heterocycles. The summed E-state index contributed by atoms with van der Waals surface area (Å²) in [6, 6.07) is 13.1. The van der Waals surface area contributed by atoms with Gasteiger partial charge in [0.05, 0.1) is 39.2 Å². The van der Waals surface area contributed by atoms with Crippen LogP contribution in [-0.4, -0.2) is 67.2 Å². The largest absolute Gasteiger partial charge is 0.494 e. The third-order valence-electron chi connectivity index (χ3n) is 5.33. The van der Waals surface area contributed by atoms with Crippen LogP contribution in [-0.2, 0) is 11.3 Å². The Morgan fingerprint density at radius 1 is 1.10 bits per heavy atom. The zero-order valence-electron chi connectivity index (χ0n) is 18.0. The van der Waals surface area contributed by atoms with Crippen LogP contribution in [0.3, 0.4) is 0 Å². The predicted octanol–water partition coefficient (Wildman–Crippen LogP) is 3.03. The number of ether oxygens (including phenoxy) is 3. The van der Waals surface area contributed by atoms with E-state index in [9.17, 15) is 4.79 Å². The van der Waals surface area contributed by atoms with Gasteiger partial charge in [-0.1, -0.05) is 24.3 Å². The maximum atomic E-state index is 13.2. The Kier molecular flexibility index (Phi) is 6.69. The molecule has 0 unspecified atom stereocenters. The molecule has 1 aromatic heterocycles. The lowest BCUT2D eigenvalue weighted by molar-refractivity contribution is 0.0361. The number of nitrogens with zero attached hydrogens (tertiary/aromatic N) is 3. The second-order valence-electron chi connectivity index (χ2n) is 7.27. The first kappa shape index (κ1) is 21.1. The fraction of sp³-hybridized carbons (Fsp3) is 0.391. The summed E-state index contributed by atoms with van der Waals surface area (Å²) in [6.45, 7) is 7.20. The van der Waals surface area contributed by atoms with Gasteiger partial charge >= 0.3 is 0 Å². The van der Waals surface area contributed by atoms with E-state index in [1.54, 1.807) is 7.11 Å². The zero-order valence-corrected chi connectivity index (χ0v) is 18.0. The molecular formula is C23H28N4O4. The summed E-state index contributed by atoms with van der Waals surface area (Å²) >= 11 is 0. The molecule has 1 amide bonds. The molecule has 1 fully saturated rings. The van der Waals surface area contributed by atoms with E-state index >= 15 is 0 Å². The number of anilines is 1. The summed E-state index contributed by atoms with van der Waals surface area (Å²) in [5.74, 6) is 1.04. The van der Waals surface area contributed by atoms with Crippen LogP contribution in [0.15, 0.2) is 42.5 Å². The second-order valence-corrected chi connectivity index (χ2v) is 7.27. The number of methoxy groups -OCH3 is 1. The Bertz CT molecular complexity index is 1040. The maximum Gasteiger partial charge on any atom is 0.276 e. The van der Waals surface area contributed by atoms with Crippen LogP contribution in [0, 0.1) is 0 Å². The van der Waals surface area contributed by atoms with E-state index in [1.807, 2.05) is 54.1 Å². The molecule has 3 aromatic rings. The number of carbonyl (C=O) groups excluding carboxylic acids is 1. The van der Waals surface area contributed by atoms with E-state index in [-0.39, 0.29) is 5.91 Å². The number of nitrogens with one attached hydrogen (secondary N) is 1. The van der Waals surface area contributed by atoms with Crippen molar-refractivity contribution in [2.45, 2.75) is 13.5 Å². The molecule has 0 bridgehead atoms. The van der Waals surface area contributed by atoms with E-state index in [0.29, 0.717) is 36.0 Å². The normalized spacial score (nSPS) is 14.5. The van der Waals surface area contributed by atoms with Crippen LogP contribution >= 0.6 is 0 Å². The molecule has 2 aromatic carbocycles. The van der Waals surface area contributed by atoms with Crippen LogP contribution < -0.4 is 14.8 Å². The lowest BCUT2D eigenvalue weighted by atomic mass is 10.2. The van der Waals surface area contributed by atoms with Gasteiger partial charge in [-0.25, -0.2) is 0 Å². The number of morpholine rings is 1. The molecule has 0 atom stereocenters. The highest BCUT2D eigenvalue weighted by atomic mass is 16.5. The summed E-state index contributed by atoms with van der Waals surface area (Å²) in [6.07, 6.45) is 0. The topological polar surface area (TPSA) is 77.9 Å². The van der Waals surface area contributed by atoms with Gasteiger partial charge in [-0.05, 0) is 25.1 Å². The number of para-hydroxylation sites is 3. The standard InChI is InChI=1S/C23H28N4O4/c1-3-31-19-9-5-4-8-18(19)24-23(28)21-17-7-6-10-20(29-2)22(17)27(25-21)12-11-26-13-15-30-16-14-26/h4-10H,3,11-16H2,1-2H3,(H,24,28). The van der Waals surface area contributed by atoms with E-state index in [0.717, 1.165) is 43.8 Å². The van der Waals surface area contributed by atoms with Gasteiger partial charge in [0, 0.05) is 25.0 Å². The minimum atomic E-state index is -0.282. The Hall–Kier alpha value is -3.10. The number of hydrogen-bond acceptors (Lipinski definition) is 6. The molecule has 0 spiro atoms. The van der Waals surface area contributed by atoms with Crippen molar-refractivity contribution < 1.29 is 19.0 Å². The summed E-state index contributed by atoms with van der Waals surface area (Å²) < 4.78 is 18.5. The van der Waals surface area contributed by atoms with Gasteiger partial charge in [-0.3, -0.25) is 14.4 Å². The van der Waals surface area contributed by atoms with Crippen LogP contribution in [0.2, 0.25) is 0 Å². The van der Waals surface area contributed by atoms with Gasteiger partial charge in [-0.2, -0.15) is 5.10 Å². The van der Waals surface area contributed by atoms with E-state index in [2.05, 4.69) is 15.3 Å². The molecule has 0 radical (unpaired) electrons. The smallest absolute Gasteiger partial charge is 0.276 e. The SMILES string of the molecule is CCOc1ccccc1NC(=O)c1nn(CCN2CCOCC2)c2c(OC)cccc12. The summed E-state index contributed by atoms with van der Waals surface area (Å²) in [5, 5.41) is 8.39. The van der Waals surface area contributed by atoms with Crippen LogP contribution in [0.4, 0.5) is 5.69 Å². The van der Waals surface area contributed by atoms with Gasteiger partial charge < -0.3 is 19.5 Å². The third kappa shape index (κ3) is 4.65. The van der Waals surface area contributed by atoms with Crippen molar-refractivity contribution in [3.05, 3.63) is 48.2 Å². The lowest BCUT2D eigenvalue weighted by Gasteiger charge is -2.26. The third-order valence-corrected chi connectivity index (χ3v) is 5.33. The predicted molar refractivity (Wildman–Crippen MR) is 119 cm³/mol. The Morgan fingerprint density at radius 3 is 2.65 bits per heavy atom. The molecule has 4 rings (SSSR count). The van der Waals surface area contributed by atoms with Crippen molar-refractivity contribution in [3.63, 3.8) is 0 Å². The molecule has 1 saturated heterocycles.